The monoisotopic (exact) mass is 835 g/mol. The Morgan fingerprint density at radius 3 is 1.46 bits per heavy atom. The minimum absolute atomic E-state index is 1.02. The molecule has 4 aromatic heterocycles. The second-order valence-corrected chi connectivity index (χ2v) is 18.1. The highest BCUT2D eigenvalue weighted by Crippen LogP contribution is 2.44. The third-order valence-electron chi connectivity index (χ3n) is 11.2. The number of fused-ring (bicyclic) bond motifs is 6. The molecule has 0 amide bonds. The fraction of sp³-hybridized carbons (Fsp3) is 0. The Hall–Kier alpha value is -7.23. The number of benzene rings is 8. The average Bonchev–Trinajstić information content (AvgIpc) is 4.05. The molecule has 4 heterocycles. The molecule has 0 aliphatic carbocycles. The Morgan fingerprint density at radius 1 is 0.328 bits per heavy atom. The number of thiazole rings is 2. The van der Waals surface area contributed by atoms with Crippen LogP contribution < -0.4 is 9.80 Å². The minimum atomic E-state index is 1.02. The van der Waals surface area contributed by atoms with Crippen molar-refractivity contribution in [1.82, 2.24) is 15.0 Å². The van der Waals surface area contributed by atoms with Crippen molar-refractivity contribution in [3.05, 3.63) is 200 Å². The van der Waals surface area contributed by atoms with Crippen LogP contribution in [0.2, 0.25) is 0 Å². The highest BCUT2D eigenvalue weighted by molar-refractivity contribution is 7.26. The third kappa shape index (κ3) is 6.49. The molecule has 0 atom stereocenters. The van der Waals surface area contributed by atoms with E-state index in [1.165, 1.54) is 40.3 Å². The van der Waals surface area contributed by atoms with E-state index < -0.39 is 0 Å². The fourth-order valence-corrected chi connectivity index (χ4v) is 11.3. The van der Waals surface area contributed by atoms with Gasteiger partial charge in [0, 0.05) is 77.8 Å². The Kier molecular flexibility index (Phi) is 8.66. The van der Waals surface area contributed by atoms with Gasteiger partial charge in [0.05, 0.1) is 20.4 Å². The molecule has 0 unspecified atom stereocenters. The van der Waals surface area contributed by atoms with E-state index in [1.54, 1.807) is 22.7 Å². The smallest absolute Gasteiger partial charge is 0.124 e. The number of anilines is 6. The first-order valence-corrected chi connectivity index (χ1v) is 22.5. The number of hydrogen-bond donors (Lipinski definition) is 0. The topological polar surface area (TPSA) is 45.2 Å². The molecule has 0 aliphatic rings. The molecule has 8 aromatic carbocycles. The van der Waals surface area contributed by atoms with Crippen LogP contribution in [-0.2, 0) is 0 Å². The van der Waals surface area contributed by atoms with Crippen molar-refractivity contribution >= 4 is 120 Å². The average molecular weight is 836 g/mol. The van der Waals surface area contributed by atoms with Crippen LogP contribution in [0.25, 0.3) is 72.5 Å². The molecule has 0 saturated heterocycles. The maximum Gasteiger partial charge on any atom is 0.124 e. The molecule has 61 heavy (non-hydrogen) atoms. The van der Waals surface area contributed by atoms with E-state index >= 15 is 0 Å². The SMILES string of the molecule is c1ccc(N(c2ccc(-c3nc4ccccc4s3)cc2)c2ccc3c(c2)sc2cc4cc(N(c5ccncc5)c5ccc(-c6nc7ccccc7s6)cc5)ccc4cc23)cc1. The summed E-state index contributed by atoms with van der Waals surface area (Å²) in [7, 11) is 0. The summed E-state index contributed by atoms with van der Waals surface area (Å²) in [5.74, 6) is 0. The van der Waals surface area contributed by atoms with Crippen molar-refractivity contribution < 1.29 is 0 Å². The number of hydrogen-bond acceptors (Lipinski definition) is 8. The van der Waals surface area contributed by atoms with Crippen LogP contribution in [-0.4, -0.2) is 15.0 Å². The maximum absolute atomic E-state index is 4.91. The van der Waals surface area contributed by atoms with Gasteiger partial charge in [0.1, 0.15) is 10.0 Å². The zero-order chi connectivity index (χ0) is 40.3. The van der Waals surface area contributed by atoms with E-state index in [0.29, 0.717) is 0 Å². The second kappa shape index (κ2) is 14.8. The summed E-state index contributed by atoms with van der Waals surface area (Å²) in [6.07, 6.45) is 3.71. The van der Waals surface area contributed by atoms with Crippen LogP contribution in [0.15, 0.2) is 200 Å². The number of aromatic nitrogens is 3. The van der Waals surface area contributed by atoms with E-state index in [9.17, 15) is 0 Å². The van der Waals surface area contributed by atoms with Crippen LogP contribution in [0.3, 0.4) is 0 Å². The minimum Gasteiger partial charge on any atom is -0.310 e. The second-order valence-electron chi connectivity index (χ2n) is 14.9. The Labute approximate surface area is 363 Å². The van der Waals surface area contributed by atoms with Gasteiger partial charge in [-0.05, 0) is 144 Å². The van der Waals surface area contributed by atoms with Gasteiger partial charge in [0.2, 0.25) is 0 Å². The number of para-hydroxylation sites is 3. The summed E-state index contributed by atoms with van der Waals surface area (Å²) in [4.78, 5) is 18.8. The molecule has 0 saturated carbocycles. The fourth-order valence-electron chi connectivity index (χ4n) is 8.24. The number of thiophene rings is 1. The molecule has 0 fully saturated rings. The van der Waals surface area contributed by atoms with Crippen molar-refractivity contribution in [3.8, 4) is 21.1 Å². The summed E-state index contributed by atoms with van der Waals surface area (Å²) in [5, 5.41) is 7.00. The highest BCUT2D eigenvalue weighted by atomic mass is 32.1. The van der Waals surface area contributed by atoms with Crippen molar-refractivity contribution in [1.29, 1.82) is 0 Å². The van der Waals surface area contributed by atoms with Gasteiger partial charge in [0.15, 0.2) is 0 Å². The van der Waals surface area contributed by atoms with Crippen LogP contribution in [0.5, 0.6) is 0 Å². The summed E-state index contributed by atoms with van der Waals surface area (Å²) in [5.41, 5.74) is 10.8. The van der Waals surface area contributed by atoms with E-state index in [-0.39, 0.29) is 0 Å². The third-order valence-corrected chi connectivity index (χ3v) is 14.5. The first kappa shape index (κ1) is 35.7. The number of rotatable bonds is 8. The van der Waals surface area contributed by atoms with Gasteiger partial charge in [-0.25, -0.2) is 9.97 Å². The lowest BCUT2D eigenvalue weighted by Gasteiger charge is -2.25. The molecule has 0 radical (unpaired) electrons. The Bertz CT molecular complexity index is 3310. The van der Waals surface area contributed by atoms with Crippen molar-refractivity contribution in [2.45, 2.75) is 0 Å². The normalized spacial score (nSPS) is 11.6. The van der Waals surface area contributed by atoms with E-state index in [4.69, 9.17) is 9.97 Å². The predicted octanol–water partition coefficient (Wildman–Crippen LogP) is 16.1. The molecule has 12 aromatic rings. The number of nitrogens with zero attached hydrogens (tertiary/aromatic N) is 5. The van der Waals surface area contributed by atoms with Crippen LogP contribution >= 0.6 is 34.0 Å². The summed E-state index contributed by atoms with van der Waals surface area (Å²) >= 11 is 5.30. The van der Waals surface area contributed by atoms with Gasteiger partial charge >= 0.3 is 0 Å². The van der Waals surface area contributed by atoms with Gasteiger partial charge in [0.25, 0.3) is 0 Å². The maximum atomic E-state index is 4.91. The summed E-state index contributed by atoms with van der Waals surface area (Å²) in [6, 6.07) is 67.3. The molecular formula is C53H33N5S3. The lowest BCUT2D eigenvalue weighted by molar-refractivity contribution is 1.25. The highest BCUT2D eigenvalue weighted by Gasteiger charge is 2.18. The molecule has 0 bridgehead atoms. The summed E-state index contributed by atoms with van der Waals surface area (Å²) < 4.78 is 4.91. The lowest BCUT2D eigenvalue weighted by atomic mass is 10.0. The molecule has 0 aliphatic heterocycles. The van der Waals surface area contributed by atoms with Crippen LogP contribution in [0, 0.1) is 0 Å². The first-order chi connectivity index (χ1) is 30.2. The zero-order valence-electron chi connectivity index (χ0n) is 32.5. The van der Waals surface area contributed by atoms with Crippen molar-refractivity contribution in [2.75, 3.05) is 9.80 Å². The van der Waals surface area contributed by atoms with Gasteiger partial charge in [-0.15, -0.1) is 34.0 Å². The van der Waals surface area contributed by atoms with E-state index in [2.05, 4.69) is 191 Å². The predicted molar refractivity (Wildman–Crippen MR) is 261 cm³/mol. The molecular weight excluding hydrogens is 803 g/mol. The molecule has 288 valence electrons. The molecule has 12 rings (SSSR count). The van der Waals surface area contributed by atoms with Gasteiger partial charge < -0.3 is 9.80 Å². The molecule has 8 heteroatoms. The van der Waals surface area contributed by atoms with Crippen molar-refractivity contribution in [2.24, 2.45) is 0 Å². The quantitative estimate of drug-likeness (QED) is 0.153. The van der Waals surface area contributed by atoms with Gasteiger partial charge in [-0.3, -0.25) is 4.98 Å². The first-order valence-electron chi connectivity index (χ1n) is 20.1. The lowest BCUT2D eigenvalue weighted by Crippen LogP contribution is -2.09. The van der Waals surface area contributed by atoms with Crippen molar-refractivity contribution in [3.63, 3.8) is 0 Å². The van der Waals surface area contributed by atoms with E-state index in [0.717, 1.165) is 66.3 Å². The largest absolute Gasteiger partial charge is 0.310 e. The number of pyridine rings is 1. The Morgan fingerprint density at radius 2 is 0.836 bits per heavy atom. The van der Waals surface area contributed by atoms with Crippen LogP contribution in [0.1, 0.15) is 0 Å². The standard InChI is InChI=1S/C53H33N5S3/c1-2-8-38(9-3-1)57(39-19-14-34(15-20-39)52-55-46-10-4-6-12-48(46)60-52)43-24-25-44-45-31-36-18-23-42(30-37(36)32-50(45)59-51(44)33-43)58(41-26-28-54-29-27-41)40-21-16-35(17-22-40)53-56-47-11-5-7-13-49(47)61-53/h1-33H. The molecule has 0 spiro atoms. The summed E-state index contributed by atoms with van der Waals surface area (Å²) in [6.45, 7) is 0. The van der Waals surface area contributed by atoms with Crippen LogP contribution in [0.4, 0.5) is 34.1 Å². The molecule has 0 N–H and O–H groups in total. The van der Waals surface area contributed by atoms with E-state index in [1.807, 2.05) is 35.9 Å². The van der Waals surface area contributed by atoms with Gasteiger partial charge in [-0.1, -0.05) is 54.6 Å². The van der Waals surface area contributed by atoms with Gasteiger partial charge in [-0.2, -0.15) is 0 Å². The molecule has 5 nitrogen and oxygen atoms in total. The zero-order valence-corrected chi connectivity index (χ0v) is 35.0. The Balaban J connectivity index is 0.903.